The van der Waals surface area contributed by atoms with Gasteiger partial charge in [0.05, 0.1) is 11.4 Å². The van der Waals surface area contributed by atoms with Crippen LogP contribution >= 0.6 is 0 Å². The standard InChI is InChI=1S/C32H39N7O3/c1-32(2,3)42-31(40)38-19-17-37(18-20-38)23-11-13-24(14-12-23)39-30-27(29(33)34-21-35-30)28(36-39)22-9-15-26(16-10-22)41-25-7-5-4-6-8-25/h4-10,15-16,21,23-24H,11-14,17-20H2,1-3H3,(H2,33,34,35)/t23-,24-. The minimum absolute atomic E-state index is 0.216. The Hall–Kier alpha value is -4.18. The average Bonchev–Trinajstić information content (AvgIpc) is 3.38. The third-order valence-electron chi connectivity index (χ3n) is 8.12. The molecule has 1 aliphatic carbocycles. The van der Waals surface area contributed by atoms with Crippen molar-refractivity contribution in [2.75, 3.05) is 31.9 Å². The lowest BCUT2D eigenvalue weighted by Gasteiger charge is -2.42. The molecule has 2 N–H and O–H groups in total. The summed E-state index contributed by atoms with van der Waals surface area (Å²) in [5.41, 5.74) is 8.41. The first kappa shape index (κ1) is 28.0. The molecule has 0 bridgehead atoms. The molecular weight excluding hydrogens is 530 g/mol. The number of rotatable bonds is 5. The van der Waals surface area contributed by atoms with Crippen molar-refractivity contribution in [1.29, 1.82) is 0 Å². The van der Waals surface area contributed by atoms with Crippen molar-refractivity contribution >= 4 is 22.9 Å². The summed E-state index contributed by atoms with van der Waals surface area (Å²) in [7, 11) is 0. The maximum absolute atomic E-state index is 12.5. The van der Waals surface area contributed by atoms with E-state index in [4.69, 9.17) is 20.3 Å². The van der Waals surface area contributed by atoms with Gasteiger partial charge in [0, 0.05) is 37.8 Å². The fourth-order valence-electron chi connectivity index (χ4n) is 6.02. The van der Waals surface area contributed by atoms with Gasteiger partial charge in [0.25, 0.3) is 0 Å². The summed E-state index contributed by atoms with van der Waals surface area (Å²) in [5, 5.41) is 5.86. The third kappa shape index (κ3) is 6.04. The minimum atomic E-state index is -0.473. The van der Waals surface area contributed by atoms with E-state index in [1.54, 1.807) is 0 Å². The first-order chi connectivity index (χ1) is 20.2. The summed E-state index contributed by atoms with van der Waals surface area (Å²) in [5.74, 6) is 1.98. The highest BCUT2D eigenvalue weighted by Crippen LogP contribution is 2.37. The predicted octanol–water partition coefficient (Wildman–Crippen LogP) is 5.90. The average molecular weight is 570 g/mol. The van der Waals surface area contributed by atoms with Crippen LogP contribution in [0, 0.1) is 0 Å². The Morgan fingerprint density at radius 1 is 0.857 bits per heavy atom. The second-order valence-corrected chi connectivity index (χ2v) is 12.2. The summed E-state index contributed by atoms with van der Waals surface area (Å²) in [6.07, 6.45) is 5.44. The van der Waals surface area contributed by atoms with Gasteiger partial charge < -0.3 is 20.1 Å². The van der Waals surface area contributed by atoms with E-state index in [1.807, 2.05) is 80.3 Å². The molecule has 0 radical (unpaired) electrons. The summed E-state index contributed by atoms with van der Waals surface area (Å²) < 4.78 is 13.6. The number of fused-ring (bicyclic) bond motifs is 1. The molecule has 2 aliphatic rings. The number of aromatic nitrogens is 4. The predicted molar refractivity (Wildman–Crippen MR) is 162 cm³/mol. The second-order valence-electron chi connectivity index (χ2n) is 12.2. The normalized spacial score (nSPS) is 20.0. The minimum Gasteiger partial charge on any atom is -0.457 e. The van der Waals surface area contributed by atoms with E-state index in [2.05, 4.69) is 19.5 Å². The topological polar surface area (TPSA) is 112 Å². The van der Waals surface area contributed by atoms with Gasteiger partial charge in [0.15, 0.2) is 5.65 Å². The molecule has 2 fully saturated rings. The Morgan fingerprint density at radius 2 is 1.50 bits per heavy atom. The second kappa shape index (κ2) is 11.6. The number of nitrogens with two attached hydrogens (primary N) is 1. The van der Waals surface area contributed by atoms with Crippen LogP contribution in [-0.2, 0) is 4.74 Å². The van der Waals surface area contributed by atoms with Crippen LogP contribution in [-0.4, -0.2) is 73.5 Å². The molecule has 220 valence electrons. The number of hydrogen-bond donors (Lipinski definition) is 1. The highest BCUT2D eigenvalue weighted by atomic mass is 16.6. The van der Waals surface area contributed by atoms with Crippen LogP contribution in [0.15, 0.2) is 60.9 Å². The van der Waals surface area contributed by atoms with Crippen LogP contribution in [0.2, 0.25) is 0 Å². The Labute approximate surface area is 246 Å². The summed E-state index contributed by atoms with van der Waals surface area (Å²) in [4.78, 5) is 25.7. The number of nitrogen functional groups attached to an aromatic ring is 1. The number of benzene rings is 2. The lowest BCUT2D eigenvalue weighted by molar-refractivity contribution is 0.00726. The number of amides is 1. The molecule has 1 amide bonds. The van der Waals surface area contributed by atoms with Gasteiger partial charge in [0.1, 0.15) is 34.9 Å². The van der Waals surface area contributed by atoms with Crippen LogP contribution < -0.4 is 10.5 Å². The molecule has 0 atom stereocenters. The van der Waals surface area contributed by atoms with Crippen molar-refractivity contribution in [3.05, 3.63) is 60.9 Å². The van der Waals surface area contributed by atoms with E-state index >= 15 is 0 Å². The van der Waals surface area contributed by atoms with E-state index < -0.39 is 5.60 Å². The molecule has 6 rings (SSSR count). The summed E-state index contributed by atoms with van der Waals surface area (Å²) in [6.45, 7) is 8.87. The van der Waals surface area contributed by atoms with E-state index in [1.165, 1.54) is 6.33 Å². The molecule has 1 saturated heterocycles. The quantitative estimate of drug-likeness (QED) is 0.316. The van der Waals surface area contributed by atoms with Gasteiger partial charge in [-0.3, -0.25) is 4.90 Å². The Kier molecular flexibility index (Phi) is 7.72. The van der Waals surface area contributed by atoms with Gasteiger partial charge in [-0.2, -0.15) is 5.10 Å². The molecule has 2 aromatic heterocycles. The lowest BCUT2D eigenvalue weighted by atomic mass is 9.90. The summed E-state index contributed by atoms with van der Waals surface area (Å²) >= 11 is 0. The van der Waals surface area contributed by atoms with Crippen molar-refractivity contribution < 1.29 is 14.3 Å². The van der Waals surface area contributed by atoms with Gasteiger partial charge in [-0.15, -0.1) is 0 Å². The number of nitrogens with zero attached hydrogens (tertiary/aromatic N) is 6. The molecule has 0 spiro atoms. The number of carbonyl (C=O) groups excluding carboxylic acids is 1. The van der Waals surface area contributed by atoms with Gasteiger partial charge in [0.2, 0.25) is 0 Å². The molecule has 1 saturated carbocycles. The Bertz CT molecular complexity index is 1520. The maximum Gasteiger partial charge on any atom is 0.410 e. The number of anilines is 1. The van der Waals surface area contributed by atoms with Crippen LogP contribution in [0.3, 0.4) is 0 Å². The zero-order valence-corrected chi connectivity index (χ0v) is 24.6. The number of piperazine rings is 1. The molecule has 42 heavy (non-hydrogen) atoms. The van der Waals surface area contributed by atoms with Crippen molar-refractivity contribution in [3.63, 3.8) is 0 Å². The van der Waals surface area contributed by atoms with Crippen LogP contribution in [0.4, 0.5) is 10.6 Å². The van der Waals surface area contributed by atoms with E-state index in [0.717, 1.165) is 72.6 Å². The van der Waals surface area contributed by atoms with Crippen LogP contribution in [0.1, 0.15) is 52.5 Å². The van der Waals surface area contributed by atoms with E-state index in [0.29, 0.717) is 24.9 Å². The van der Waals surface area contributed by atoms with Crippen molar-refractivity contribution in [2.45, 2.75) is 64.1 Å². The van der Waals surface area contributed by atoms with E-state index in [-0.39, 0.29) is 12.1 Å². The van der Waals surface area contributed by atoms with Gasteiger partial charge in [-0.1, -0.05) is 18.2 Å². The Balaban J connectivity index is 1.13. The SMILES string of the molecule is CC(C)(C)OC(=O)N1CCN([C@H]2CC[C@H](n3nc(-c4ccc(Oc5ccccc5)cc4)c4c(N)ncnc43)CC2)CC1. The maximum atomic E-state index is 12.5. The van der Waals surface area contributed by atoms with Crippen molar-refractivity contribution in [1.82, 2.24) is 29.5 Å². The number of para-hydroxylation sites is 1. The molecule has 2 aromatic carbocycles. The highest BCUT2D eigenvalue weighted by Gasteiger charge is 2.33. The Morgan fingerprint density at radius 3 is 2.17 bits per heavy atom. The fraction of sp³-hybridized carbons (Fsp3) is 0.438. The van der Waals surface area contributed by atoms with Gasteiger partial charge in [-0.25, -0.2) is 19.4 Å². The molecule has 4 aromatic rings. The molecule has 10 nitrogen and oxygen atoms in total. The highest BCUT2D eigenvalue weighted by molar-refractivity contribution is 5.98. The van der Waals surface area contributed by atoms with Crippen LogP contribution in [0.25, 0.3) is 22.3 Å². The summed E-state index contributed by atoms with van der Waals surface area (Å²) in [6, 6.07) is 18.4. The monoisotopic (exact) mass is 569 g/mol. The fourth-order valence-corrected chi connectivity index (χ4v) is 6.02. The molecule has 0 unspecified atom stereocenters. The van der Waals surface area contributed by atoms with Gasteiger partial charge >= 0.3 is 6.09 Å². The van der Waals surface area contributed by atoms with E-state index in [9.17, 15) is 4.79 Å². The first-order valence-electron chi connectivity index (χ1n) is 14.8. The molecular formula is C32H39N7O3. The number of carbonyl (C=O) groups is 1. The van der Waals surface area contributed by atoms with Crippen molar-refractivity contribution in [2.24, 2.45) is 0 Å². The zero-order valence-electron chi connectivity index (χ0n) is 24.6. The van der Waals surface area contributed by atoms with Gasteiger partial charge in [-0.05, 0) is 82.9 Å². The number of ether oxygens (including phenoxy) is 2. The molecule has 3 heterocycles. The van der Waals surface area contributed by atoms with Crippen molar-refractivity contribution in [3.8, 4) is 22.8 Å². The number of hydrogen-bond acceptors (Lipinski definition) is 8. The third-order valence-corrected chi connectivity index (χ3v) is 8.12. The van der Waals surface area contributed by atoms with Crippen LogP contribution in [0.5, 0.6) is 11.5 Å². The first-order valence-corrected chi connectivity index (χ1v) is 14.8. The largest absolute Gasteiger partial charge is 0.457 e. The smallest absolute Gasteiger partial charge is 0.410 e. The zero-order chi connectivity index (χ0) is 29.3. The lowest BCUT2D eigenvalue weighted by Crippen LogP contribution is -2.53. The molecule has 10 heteroatoms. The molecule has 1 aliphatic heterocycles.